The van der Waals surface area contributed by atoms with Gasteiger partial charge in [0.25, 0.3) is 0 Å². The van der Waals surface area contributed by atoms with Gasteiger partial charge in [-0.25, -0.2) is 19.2 Å². The van der Waals surface area contributed by atoms with E-state index in [4.69, 9.17) is 9.47 Å². The summed E-state index contributed by atoms with van der Waals surface area (Å²) in [6, 6.07) is 15.4. The number of imidazole rings is 2. The normalized spacial score (nSPS) is 16.8. The number of halogens is 1. The summed E-state index contributed by atoms with van der Waals surface area (Å²) in [5.41, 5.74) is 5.17. The monoisotopic (exact) mass is 778 g/mol. The predicted octanol–water partition coefficient (Wildman–Crippen LogP) is 8.33. The summed E-state index contributed by atoms with van der Waals surface area (Å²) in [6.45, 7) is 9.49. The van der Waals surface area contributed by atoms with E-state index in [9.17, 15) is 9.59 Å². The third kappa shape index (κ3) is 7.07. The van der Waals surface area contributed by atoms with Crippen LogP contribution in [0.25, 0.3) is 44.7 Å². The zero-order chi connectivity index (χ0) is 39.1. The number of nitrogens with zero attached hydrogens (tertiary/aromatic N) is 4. The van der Waals surface area contributed by atoms with E-state index in [-0.39, 0.29) is 24.4 Å². The Bertz CT molecular complexity index is 2390. The number of H-pyrrole nitrogens is 2. The van der Waals surface area contributed by atoms with Gasteiger partial charge in [-0.05, 0) is 80.6 Å². The number of carbonyl (C=O) groups excluding carboxylic acids is 2. The number of methoxy groups -OCH3 is 1. The Morgan fingerprint density at radius 1 is 1.07 bits per heavy atom. The van der Waals surface area contributed by atoms with E-state index < -0.39 is 24.2 Å². The van der Waals surface area contributed by atoms with Gasteiger partial charge in [0, 0.05) is 27.9 Å². The van der Waals surface area contributed by atoms with Crippen molar-refractivity contribution in [2.45, 2.75) is 78.2 Å². The molecule has 2 aliphatic heterocycles. The summed E-state index contributed by atoms with van der Waals surface area (Å²) in [5, 5.41) is 7.14. The van der Waals surface area contributed by atoms with Crippen LogP contribution in [-0.4, -0.2) is 67.6 Å². The first kappa shape index (κ1) is 37.5. The number of hydrogen-bond donors (Lipinski definition) is 4. The number of nitrogens with one attached hydrogen (secondary N) is 4. The van der Waals surface area contributed by atoms with Gasteiger partial charge in [-0.1, -0.05) is 33.8 Å². The number of aryl methyl sites for hydroxylation is 1. The highest BCUT2D eigenvalue weighted by atomic mass is 32.1. The summed E-state index contributed by atoms with van der Waals surface area (Å²) in [4.78, 5) is 45.7. The second-order valence-corrected chi connectivity index (χ2v) is 16.0. The minimum atomic E-state index is -0.764. The second-order valence-electron chi connectivity index (χ2n) is 14.8. The van der Waals surface area contributed by atoms with E-state index >= 15 is 4.39 Å². The maximum absolute atomic E-state index is 16.6. The molecule has 2 amide bonds. The van der Waals surface area contributed by atoms with Crippen molar-refractivity contribution in [3.63, 3.8) is 0 Å². The van der Waals surface area contributed by atoms with Gasteiger partial charge in [-0.3, -0.25) is 9.36 Å². The molecule has 0 bridgehead atoms. The number of aromatic nitrogens is 5. The Labute approximate surface area is 328 Å². The molecule has 6 heterocycles. The molecule has 6 aromatic rings. The molecule has 0 aliphatic carbocycles. The number of thiophene rings is 1. The first-order chi connectivity index (χ1) is 27.1. The molecule has 4 N–H and O–H groups in total. The van der Waals surface area contributed by atoms with E-state index in [1.165, 1.54) is 18.1 Å². The summed E-state index contributed by atoms with van der Waals surface area (Å²) in [6.07, 6.45) is 6.17. The number of carbonyl (C=O) groups is 2. The highest BCUT2D eigenvalue weighted by Gasteiger charge is 2.34. The van der Waals surface area contributed by atoms with Crippen LogP contribution in [0.4, 0.5) is 9.18 Å². The van der Waals surface area contributed by atoms with Crippen LogP contribution in [0.15, 0.2) is 60.9 Å². The lowest BCUT2D eigenvalue weighted by atomic mass is 10.0. The molecule has 3 atom stereocenters. The highest BCUT2D eigenvalue weighted by molar-refractivity contribution is 7.12. The van der Waals surface area contributed by atoms with Gasteiger partial charge in [-0.2, -0.15) is 0 Å². The molecule has 8 rings (SSSR count). The van der Waals surface area contributed by atoms with Gasteiger partial charge < -0.3 is 35.0 Å². The summed E-state index contributed by atoms with van der Waals surface area (Å²) >= 11 is 1.70. The molecule has 0 spiro atoms. The van der Waals surface area contributed by atoms with Crippen LogP contribution in [0.5, 0.6) is 5.75 Å². The number of benzene rings is 2. The van der Waals surface area contributed by atoms with Crippen LogP contribution < -0.4 is 15.4 Å². The lowest BCUT2D eigenvalue weighted by Gasteiger charge is -2.30. The van der Waals surface area contributed by atoms with Crippen LogP contribution in [0.3, 0.4) is 0 Å². The Kier molecular flexibility index (Phi) is 10.4. The van der Waals surface area contributed by atoms with E-state index in [2.05, 4.69) is 72.4 Å². The number of amides is 2. The average molecular weight is 779 g/mol. The average Bonchev–Trinajstić information content (AvgIpc) is 4.05. The Balaban J connectivity index is 1.13. The summed E-state index contributed by atoms with van der Waals surface area (Å²) in [5.74, 6) is 1.09. The molecule has 2 aliphatic rings. The molecule has 3 unspecified atom stereocenters. The number of alkyl carbamates (subject to hydrolysis) is 1. The molecule has 0 saturated carbocycles. The molecule has 1 saturated heterocycles. The van der Waals surface area contributed by atoms with E-state index in [0.29, 0.717) is 41.4 Å². The fraction of sp³-hybridized carbons (Fsp3) is 0.381. The van der Waals surface area contributed by atoms with Gasteiger partial charge in [0.15, 0.2) is 0 Å². The zero-order valence-corrected chi connectivity index (χ0v) is 33.1. The van der Waals surface area contributed by atoms with Gasteiger partial charge in [0.2, 0.25) is 12.1 Å². The minimum Gasteiger partial charge on any atom is -0.464 e. The van der Waals surface area contributed by atoms with Gasteiger partial charge in [-0.15, -0.1) is 11.3 Å². The molecule has 2 aromatic carbocycles. The van der Waals surface area contributed by atoms with Crippen molar-refractivity contribution >= 4 is 34.2 Å². The molecule has 292 valence electrons. The van der Waals surface area contributed by atoms with Gasteiger partial charge in [0.1, 0.15) is 29.3 Å². The fourth-order valence-corrected chi connectivity index (χ4v) is 8.76. The Morgan fingerprint density at radius 3 is 2.62 bits per heavy atom. The number of ether oxygens (including phenoxy) is 2. The zero-order valence-electron chi connectivity index (χ0n) is 32.2. The van der Waals surface area contributed by atoms with E-state index in [1.54, 1.807) is 22.4 Å². The number of fused-ring (bicyclic) bond motifs is 5. The predicted molar refractivity (Wildman–Crippen MR) is 215 cm³/mol. The Morgan fingerprint density at radius 2 is 1.89 bits per heavy atom. The quantitative estimate of drug-likeness (QED) is 0.0979. The number of rotatable bonds is 12. The maximum atomic E-state index is 16.6. The molecule has 12 nitrogen and oxygen atoms in total. The third-order valence-electron chi connectivity index (χ3n) is 10.7. The maximum Gasteiger partial charge on any atom is 0.407 e. The SMILES string of the molecule is CCCN(Cc1ncc(-c2cc(F)c3c(c2)OC(c2ccc(CC)s2)n2c-3cc3cc(-c4cnc(C5CCCN5)[nH]4)ccc32)[nH]1)C(=O)C(NC(=O)OC)C(C)C. The van der Waals surface area contributed by atoms with Crippen molar-refractivity contribution in [3.8, 4) is 39.5 Å². The van der Waals surface area contributed by atoms with Crippen LogP contribution in [0, 0.1) is 11.7 Å². The van der Waals surface area contributed by atoms with Crippen molar-refractivity contribution < 1.29 is 23.5 Å². The molecule has 56 heavy (non-hydrogen) atoms. The van der Waals surface area contributed by atoms with Crippen molar-refractivity contribution in [1.29, 1.82) is 0 Å². The standard InChI is InChI=1S/C42H47FN8O4S/c1-6-15-50(40(52)38(23(3)4)49-42(53)54-5)22-36-45-20-31(47-36)25-17-28(43)37-33-18-26-16-24(30-21-46-39(48-30)29-9-8-14-44-29)10-12-32(26)51(33)41(55-34(37)19-25)35-13-11-27(7-2)56-35/h10-13,16-21,23,29,38,41,44H,6-9,14-15,22H2,1-5H3,(H,45,47)(H,46,48)(H,49,53). The topological polar surface area (TPSA) is 142 Å². The second kappa shape index (κ2) is 15.6. The van der Waals surface area contributed by atoms with Crippen molar-refractivity contribution in [2.24, 2.45) is 5.92 Å². The molecular formula is C42H47FN8O4S. The van der Waals surface area contributed by atoms with E-state index in [0.717, 1.165) is 64.4 Å². The summed E-state index contributed by atoms with van der Waals surface area (Å²) < 4.78 is 30.2. The molecule has 1 fully saturated rings. The van der Waals surface area contributed by atoms with Gasteiger partial charge in [0.05, 0.1) is 65.1 Å². The van der Waals surface area contributed by atoms with Crippen molar-refractivity contribution in [2.75, 3.05) is 20.2 Å². The molecule has 4 aromatic heterocycles. The summed E-state index contributed by atoms with van der Waals surface area (Å²) in [7, 11) is 1.27. The van der Waals surface area contributed by atoms with E-state index in [1.807, 2.05) is 39.1 Å². The van der Waals surface area contributed by atoms with Crippen LogP contribution in [0.1, 0.15) is 80.6 Å². The molecule has 0 radical (unpaired) electrons. The largest absolute Gasteiger partial charge is 0.464 e. The highest BCUT2D eigenvalue weighted by Crippen LogP contribution is 2.48. The fourth-order valence-electron chi connectivity index (χ4n) is 7.78. The molecule has 14 heteroatoms. The number of aromatic amines is 2. The first-order valence-corrected chi connectivity index (χ1v) is 20.2. The first-order valence-electron chi connectivity index (χ1n) is 19.4. The van der Waals surface area contributed by atoms with Crippen LogP contribution in [0.2, 0.25) is 0 Å². The number of hydrogen-bond acceptors (Lipinski definition) is 8. The van der Waals surface area contributed by atoms with Crippen LogP contribution in [-0.2, 0) is 22.5 Å². The third-order valence-corrected chi connectivity index (χ3v) is 11.9. The Hall–Kier alpha value is -5.47. The minimum absolute atomic E-state index is 0.164. The molecular weight excluding hydrogens is 732 g/mol. The lowest BCUT2D eigenvalue weighted by Crippen LogP contribution is -2.51. The van der Waals surface area contributed by atoms with Crippen molar-refractivity contribution in [3.05, 3.63) is 88.1 Å². The van der Waals surface area contributed by atoms with Crippen molar-refractivity contribution in [1.82, 2.24) is 40.0 Å². The van der Waals surface area contributed by atoms with Crippen LogP contribution >= 0.6 is 11.3 Å². The smallest absolute Gasteiger partial charge is 0.407 e. The lowest BCUT2D eigenvalue weighted by molar-refractivity contribution is -0.135. The van der Waals surface area contributed by atoms with Gasteiger partial charge >= 0.3 is 6.09 Å².